The third kappa shape index (κ3) is 3.68. The molecule has 0 atom stereocenters. The second-order valence-corrected chi connectivity index (χ2v) is 7.86. The summed E-state index contributed by atoms with van der Waals surface area (Å²) in [4.78, 5) is 1.30. The van der Waals surface area contributed by atoms with Gasteiger partial charge in [0.1, 0.15) is 0 Å². The Balaban J connectivity index is 2.23. The molecule has 0 fully saturated rings. The van der Waals surface area contributed by atoms with Gasteiger partial charge < -0.3 is 5.32 Å². The van der Waals surface area contributed by atoms with E-state index in [1.54, 1.807) is 11.3 Å². The van der Waals surface area contributed by atoms with E-state index in [4.69, 9.17) is 0 Å². The first-order valence-corrected chi connectivity index (χ1v) is 8.08. The van der Waals surface area contributed by atoms with Crippen LogP contribution in [0.15, 0.2) is 16.0 Å². The molecule has 2 aromatic rings. The van der Waals surface area contributed by atoms with E-state index in [1.807, 2.05) is 11.7 Å². The van der Waals surface area contributed by atoms with Gasteiger partial charge in [-0.3, -0.25) is 4.68 Å². The molecule has 2 heterocycles. The van der Waals surface area contributed by atoms with Gasteiger partial charge in [0, 0.05) is 35.8 Å². The number of aromatic nitrogens is 2. The molecule has 5 heteroatoms. The minimum absolute atomic E-state index is 0.664. The molecule has 0 saturated carbocycles. The van der Waals surface area contributed by atoms with Crippen LogP contribution in [-0.2, 0) is 13.6 Å². The molecule has 0 unspecified atom stereocenters. The molecule has 2 aromatic heterocycles. The lowest BCUT2D eigenvalue weighted by atomic mass is 10.1. The van der Waals surface area contributed by atoms with E-state index >= 15 is 0 Å². The highest BCUT2D eigenvalue weighted by molar-refractivity contribution is 9.11. The summed E-state index contributed by atoms with van der Waals surface area (Å²) in [6, 6.07) is 2.16. The van der Waals surface area contributed by atoms with E-state index in [-0.39, 0.29) is 0 Å². The fraction of sp³-hybridized carbons (Fsp3) is 0.500. The summed E-state index contributed by atoms with van der Waals surface area (Å²) in [5, 5.41) is 8.10. The van der Waals surface area contributed by atoms with Gasteiger partial charge >= 0.3 is 0 Å². The highest BCUT2D eigenvalue weighted by Gasteiger charge is 2.14. The maximum Gasteiger partial charge on any atom is 0.0979 e. The average Bonchev–Trinajstić information content (AvgIpc) is 2.81. The summed E-state index contributed by atoms with van der Waals surface area (Å²) in [6.45, 7) is 8.48. The van der Waals surface area contributed by atoms with Gasteiger partial charge in [0.2, 0.25) is 0 Å². The molecule has 104 valence electrons. The smallest absolute Gasteiger partial charge is 0.0979 e. The van der Waals surface area contributed by atoms with Crippen molar-refractivity contribution in [1.82, 2.24) is 15.1 Å². The molecule has 0 aliphatic heterocycles. The maximum absolute atomic E-state index is 4.62. The topological polar surface area (TPSA) is 29.9 Å². The van der Waals surface area contributed by atoms with Crippen molar-refractivity contribution in [2.24, 2.45) is 13.0 Å². The fourth-order valence-electron chi connectivity index (χ4n) is 2.07. The lowest BCUT2D eigenvalue weighted by Gasteiger charge is -2.07. The summed E-state index contributed by atoms with van der Waals surface area (Å²) >= 11 is 5.31. The van der Waals surface area contributed by atoms with Crippen LogP contribution in [0.25, 0.3) is 11.3 Å². The Bertz CT molecular complexity index is 557. The van der Waals surface area contributed by atoms with Gasteiger partial charge in [0.05, 0.1) is 9.48 Å². The normalized spacial score (nSPS) is 11.5. The van der Waals surface area contributed by atoms with Gasteiger partial charge in [-0.25, -0.2) is 0 Å². The first-order valence-electron chi connectivity index (χ1n) is 6.47. The lowest BCUT2D eigenvalue weighted by molar-refractivity contribution is 0.552. The van der Waals surface area contributed by atoms with Crippen molar-refractivity contribution in [3.05, 3.63) is 26.5 Å². The van der Waals surface area contributed by atoms with Crippen molar-refractivity contribution >= 4 is 27.3 Å². The van der Waals surface area contributed by atoms with Crippen molar-refractivity contribution in [3.63, 3.8) is 0 Å². The second kappa shape index (κ2) is 6.20. The van der Waals surface area contributed by atoms with Crippen molar-refractivity contribution in [1.29, 1.82) is 0 Å². The first-order chi connectivity index (χ1) is 8.97. The summed E-state index contributed by atoms with van der Waals surface area (Å²) in [5.41, 5.74) is 3.59. The zero-order chi connectivity index (χ0) is 14.0. The molecular formula is C14H20BrN3S. The predicted octanol–water partition coefficient (Wildman–Crippen LogP) is 3.97. The molecule has 0 radical (unpaired) electrons. The number of nitrogens with one attached hydrogen (secondary N) is 1. The Morgan fingerprint density at radius 3 is 2.79 bits per heavy atom. The van der Waals surface area contributed by atoms with Crippen molar-refractivity contribution < 1.29 is 0 Å². The zero-order valence-electron chi connectivity index (χ0n) is 11.8. The van der Waals surface area contributed by atoms with Gasteiger partial charge in [-0.15, -0.1) is 11.3 Å². The third-order valence-corrected chi connectivity index (χ3v) is 4.47. The maximum atomic E-state index is 4.62. The minimum Gasteiger partial charge on any atom is -0.312 e. The van der Waals surface area contributed by atoms with Crippen LogP contribution < -0.4 is 5.32 Å². The average molecular weight is 342 g/mol. The molecule has 0 aliphatic rings. The summed E-state index contributed by atoms with van der Waals surface area (Å²) in [5.74, 6) is 0.664. The number of halogens is 1. The molecule has 0 aromatic carbocycles. The Morgan fingerprint density at radius 2 is 2.21 bits per heavy atom. The molecule has 2 rings (SSSR count). The Kier molecular flexibility index (Phi) is 4.81. The van der Waals surface area contributed by atoms with E-state index < -0.39 is 0 Å². The van der Waals surface area contributed by atoms with E-state index in [1.165, 1.54) is 16.0 Å². The quantitative estimate of drug-likeness (QED) is 0.891. The Morgan fingerprint density at radius 1 is 1.47 bits per heavy atom. The molecule has 0 amide bonds. The van der Waals surface area contributed by atoms with Crippen LogP contribution in [0.4, 0.5) is 0 Å². The van der Waals surface area contributed by atoms with Crippen molar-refractivity contribution in [3.8, 4) is 11.3 Å². The van der Waals surface area contributed by atoms with Crippen LogP contribution >= 0.6 is 27.3 Å². The highest BCUT2D eigenvalue weighted by Crippen LogP contribution is 2.34. The number of hydrogen-bond donors (Lipinski definition) is 1. The number of rotatable bonds is 5. The number of aryl methyl sites for hydroxylation is 2. The molecule has 0 saturated heterocycles. The number of hydrogen-bond acceptors (Lipinski definition) is 3. The summed E-state index contributed by atoms with van der Waals surface area (Å²) in [6.07, 6.45) is 2.10. The number of nitrogens with zero attached hydrogens (tertiary/aromatic N) is 2. The van der Waals surface area contributed by atoms with Gasteiger partial charge in [-0.1, -0.05) is 13.8 Å². The molecule has 1 N–H and O–H groups in total. The molecule has 19 heavy (non-hydrogen) atoms. The lowest BCUT2D eigenvalue weighted by Crippen LogP contribution is -2.19. The molecule has 0 aliphatic carbocycles. The Hall–Kier alpha value is -0.650. The third-order valence-electron chi connectivity index (χ3n) is 2.92. The molecule has 3 nitrogen and oxygen atoms in total. The summed E-state index contributed by atoms with van der Waals surface area (Å²) < 4.78 is 3.05. The van der Waals surface area contributed by atoms with Gasteiger partial charge in [-0.05, 0) is 41.4 Å². The van der Waals surface area contributed by atoms with Gasteiger partial charge in [0.25, 0.3) is 0 Å². The minimum atomic E-state index is 0.664. The summed E-state index contributed by atoms with van der Waals surface area (Å²) in [7, 11) is 1.98. The first kappa shape index (κ1) is 14.8. The van der Waals surface area contributed by atoms with E-state index in [9.17, 15) is 0 Å². The van der Waals surface area contributed by atoms with Gasteiger partial charge in [-0.2, -0.15) is 5.10 Å². The van der Waals surface area contributed by atoms with E-state index in [2.05, 4.69) is 59.4 Å². The standard InChI is InChI=1S/C14H20BrN3S/c1-9(2)6-16-7-11-8-18(4)17-14(11)12-5-13(15)19-10(12)3/h5,8-9,16H,6-7H2,1-4H3. The van der Waals surface area contributed by atoms with Crippen LogP contribution in [0.2, 0.25) is 0 Å². The predicted molar refractivity (Wildman–Crippen MR) is 85.5 cm³/mol. The van der Waals surface area contributed by atoms with Crippen LogP contribution in [0, 0.1) is 12.8 Å². The van der Waals surface area contributed by atoms with E-state index in [0.29, 0.717) is 5.92 Å². The van der Waals surface area contributed by atoms with Crippen LogP contribution in [0.1, 0.15) is 24.3 Å². The zero-order valence-corrected chi connectivity index (χ0v) is 14.2. The molecule has 0 bridgehead atoms. The largest absolute Gasteiger partial charge is 0.312 e. The van der Waals surface area contributed by atoms with E-state index in [0.717, 1.165) is 22.6 Å². The Labute approximate surface area is 127 Å². The van der Waals surface area contributed by atoms with Crippen LogP contribution in [-0.4, -0.2) is 16.3 Å². The van der Waals surface area contributed by atoms with Crippen LogP contribution in [0.3, 0.4) is 0 Å². The fourth-order valence-corrected chi connectivity index (χ4v) is 3.76. The molecular weight excluding hydrogens is 322 g/mol. The van der Waals surface area contributed by atoms with Crippen molar-refractivity contribution in [2.45, 2.75) is 27.3 Å². The van der Waals surface area contributed by atoms with Gasteiger partial charge in [0.15, 0.2) is 0 Å². The monoisotopic (exact) mass is 341 g/mol. The highest BCUT2D eigenvalue weighted by atomic mass is 79.9. The van der Waals surface area contributed by atoms with Crippen LogP contribution in [0.5, 0.6) is 0 Å². The second-order valence-electron chi connectivity index (χ2n) is 5.22. The van der Waals surface area contributed by atoms with Crippen molar-refractivity contribution in [2.75, 3.05) is 6.54 Å². The SMILES string of the molecule is Cc1sc(Br)cc1-c1nn(C)cc1CNCC(C)C. The molecule has 0 spiro atoms. The number of thiophene rings is 1.